The first-order chi connectivity index (χ1) is 7.56. The van der Waals surface area contributed by atoms with Gasteiger partial charge in [-0.25, -0.2) is 0 Å². The Labute approximate surface area is 94.6 Å². The molecule has 5 heteroatoms. The molecule has 0 aromatic carbocycles. The second-order valence-electron chi connectivity index (χ2n) is 3.73. The summed E-state index contributed by atoms with van der Waals surface area (Å²) in [5.41, 5.74) is 0.991. The van der Waals surface area contributed by atoms with Gasteiger partial charge in [0.25, 0.3) is 0 Å². The Morgan fingerprint density at radius 3 is 2.81 bits per heavy atom. The SMILES string of the molecule is COCC(C(=O)O)N(C)Cc1ccoc1C. The van der Waals surface area contributed by atoms with Crippen LogP contribution in [0.1, 0.15) is 11.3 Å². The van der Waals surface area contributed by atoms with Gasteiger partial charge in [0.05, 0.1) is 12.9 Å². The van der Waals surface area contributed by atoms with E-state index in [4.69, 9.17) is 14.3 Å². The number of carbonyl (C=O) groups is 1. The second-order valence-corrected chi connectivity index (χ2v) is 3.73. The average Bonchev–Trinajstić information content (AvgIpc) is 2.60. The van der Waals surface area contributed by atoms with Gasteiger partial charge in [0, 0.05) is 19.2 Å². The molecule has 0 spiro atoms. The number of methoxy groups -OCH3 is 1. The second kappa shape index (κ2) is 5.67. The molecular formula is C11H17NO4. The number of nitrogens with zero attached hydrogens (tertiary/aromatic N) is 1. The first-order valence-corrected chi connectivity index (χ1v) is 5.01. The molecule has 0 saturated heterocycles. The van der Waals surface area contributed by atoms with Crippen molar-refractivity contribution in [3.8, 4) is 0 Å². The van der Waals surface area contributed by atoms with E-state index >= 15 is 0 Å². The number of carboxylic acids is 1. The third-order valence-electron chi connectivity index (χ3n) is 2.53. The highest BCUT2D eigenvalue weighted by molar-refractivity contribution is 5.73. The summed E-state index contributed by atoms with van der Waals surface area (Å²) in [7, 11) is 3.25. The minimum atomic E-state index is -0.884. The Kier molecular flexibility index (Phi) is 4.52. The van der Waals surface area contributed by atoms with E-state index in [9.17, 15) is 4.79 Å². The standard InChI is InChI=1S/C11H17NO4/c1-8-9(4-5-16-8)6-12(2)10(7-15-3)11(13)14/h4-5,10H,6-7H2,1-3H3,(H,13,14). The first kappa shape index (κ1) is 12.7. The zero-order chi connectivity index (χ0) is 12.1. The lowest BCUT2D eigenvalue weighted by atomic mass is 10.2. The minimum absolute atomic E-state index is 0.169. The Morgan fingerprint density at radius 2 is 2.38 bits per heavy atom. The van der Waals surface area contributed by atoms with Crippen LogP contribution in [0.4, 0.5) is 0 Å². The van der Waals surface area contributed by atoms with Gasteiger partial charge in [-0.2, -0.15) is 0 Å². The van der Waals surface area contributed by atoms with E-state index in [1.54, 1.807) is 18.2 Å². The van der Waals surface area contributed by atoms with E-state index in [1.165, 1.54) is 7.11 Å². The molecule has 1 N–H and O–H groups in total. The molecule has 16 heavy (non-hydrogen) atoms. The predicted molar refractivity (Wildman–Crippen MR) is 58.2 cm³/mol. The van der Waals surface area contributed by atoms with Crippen LogP contribution in [0.15, 0.2) is 16.7 Å². The van der Waals surface area contributed by atoms with Crippen LogP contribution in [0.25, 0.3) is 0 Å². The number of aliphatic carboxylic acids is 1. The summed E-state index contributed by atoms with van der Waals surface area (Å²) in [6, 6.07) is 1.21. The van der Waals surface area contributed by atoms with E-state index in [2.05, 4.69) is 0 Å². The monoisotopic (exact) mass is 227 g/mol. The lowest BCUT2D eigenvalue weighted by Crippen LogP contribution is -2.41. The summed E-state index contributed by atoms with van der Waals surface area (Å²) in [6.07, 6.45) is 1.60. The maximum Gasteiger partial charge on any atom is 0.323 e. The molecule has 5 nitrogen and oxygen atoms in total. The Morgan fingerprint density at radius 1 is 1.69 bits per heavy atom. The van der Waals surface area contributed by atoms with E-state index in [0.717, 1.165) is 11.3 Å². The lowest BCUT2D eigenvalue weighted by Gasteiger charge is -2.23. The molecule has 0 fully saturated rings. The number of furan rings is 1. The van der Waals surface area contributed by atoms with Crippen LogP contribution in [0.5, 0.6) is 0 Å². The largest absolute Gasteiger partial charge is 0.480 e. The smallest absolute Gasteiger partial charge is 0.323 e. The number of ether oxygens (including phenoxy) is 1. The maximum atomic E-state index is 11.0. The van der Waals surface area contributed by atoms with E-state index in [1.807, 2.05) is 13.0 Å². The molecule has 0 bridgehead atoms. The quantitative estimate of drug-likeness (QED) is 0.789. The Hall–Kier alpha value is -1.33. The zero-order valence-corrected chi connectivity index (χ0v) is 9.77. The summed E-state index contributed by atoms with van der Waals surface area (Å²) in [5, 5.41) is 9.03. The molecular weight excluding hydrogens is 210 g/mol. The topological polar surface area (TPSA) is 62.9 Å². The van der Waals surface area contributed by atoms with Crippen LogP contribution in [-0.4, -0.2) is 42.8 Å². The number of hydrogen-bond donors (Lipinski definition) is 1. The van der Waals surface area contributed by atoms with Crippen molar-refractivity contribution in [1.82, 2.24) is 4.90 Å². The van der Waals surface area contributed by atoms with E-state index in [0.29, 0.717) is 6.54 Å². The molecule has 0 aliphatic heterocycles. The van der Waals surface area contributed by atoms with Crippen molar-refractivity contribution in [2.75, 3.05) is 20.8 Å². The number of rotatable bonds is 6. The van der Waals surface area contributed by atoms with Crippen molar-refractivity contribution in [3.05, 3.63) is 23.7 Å². The summed E-state index contributed by atoms with van der Waals surface area (Å²) >= 11 is 0. The van der Waals surface area contributed by atoms with Gasteiger partial charge in [0.1, 0.15) is 11.8 Å². The Bertz CT molecular complexity index is 348. The average molecular weight is 227 g/mol. The van der Waals surface area contributed by atoms with E-state index < -0.39 is 12.0 Å². The van der Waals surface area contributed by atoms with Gasteiger partial charge in [0.2, 0.25) is 0 Å². The fourth-order valence-corrected chi connectivity index (χ4v) is 1.50. The van der Waals surface area contributed by atoms with Crippen LogP contribution in [-0.2, 0) is 16.1 Å². The van der Waals surface area contributed by atoms with Crippen molar-refractivity contribution < 1.29 is 19.1 Å². The molecule has 1 aromatic heterocycles. The summed E-state index contributed by atoms with van der Waals surface area (Å²) in [5.74, 6) is -0.0705. The zero-order valence-electron chi connectivity index (χ0n) is 9.77. The normalized spacial score (nSPS) is 13.0. The first-order valence-electron chi connectivity index (χ1n) is 5.01. The third-order valence-corrected chi connectivity index (χ3v) is 2.53. The molecule has 1 aromatic rings. The van der Waals surface area contributed by atoms with Crippen LogP contribution in [0, 0.1) is 6.92 Å². The molecule has 0 aliphatic rings. The Balaban J connectivity index is 2.65. The highest BCUT2D eigenvalue weighted by atomic mass is 16.5. The molecule has 1 atom stereocenters. The van der Waals surface area contributed by atoms with Crippen molar-refractivity contribution in [2.45, 2.75) is 19.5 Å². The van der Waals surface area contributed by atoms with Crippen molar-refractivity contribution in [3.63, 3.8) is 0 Å². The molecule has 1 unspecified atom stereocenters. The molecule has 1 heterocycles. The summed E-state index contributed by atoms with van der Waals surface area (Å²) < 4.78 is 10.1. The number of hydrogen-bond acceptors (Lipinski definition) is 4. The van der Waals surface area contributed by atoms with Crippen molar-refractivity contribution in [2.24, 2.45) is 0 Å². The molecule has 90 valence electrons. The highest BCUT2D eigenvalue weighted by Crippen LogP contribution is 2.12. The molecule has 0 amide bonds. The third kappa shape index (κ3) is 3.08. The van der Waals surface area contributed by atoms with Crippen molar-refractivity contribution in [1.29, 1.82) is 0 Å². The summed E-state index contributed by atoms with van der Waals surface area (Å²) in [4.78, 5) is 12.7. The van der Waals surface area contributed by atoms with Gasteiger partial charge in [-0.05, 0) is 20.0 Å². The van der Waals surface area contributed by atoms with E-state index in [-0.39, 0.29) is 6.61 Å². The van der Waals surface area contributed by atoms with Gasteiger partial charge in [-0.3, -0.25) is 9.69 Å². The van der Waals surface area contributed by atoms with Crippen LogP contribution in [0.3, 0.4) is 0 Å². The molecule has 0 radical (unpaired) electrons. The fraction of sp³-hybridized carbons (Fsp3) is 0.545. The number of carboxylic acid groups (broad SMARTS) is 1. The number of likely N-dealkylation sites (N-methyl/N-ethyl adjacent to an activating group) is 1. The molecule has 1 rings (SSSR count). The highest BCUT2D eigenvalue weighted by Gasteiger charge is 2.23. The van der Waals surface area contributed by atoms with Gasteiger partial charge >= 0.3 is 5.97 Å². The maximum absolute atomic E-state index is 11.0. The molecule has 0 saturated carbocycles. The molecule has 0 aliphatic carbocycles. The number of aryl methyl sites for hydroxylation is 1. The van der Waals surface area contributed by atoms with Crippen molar-refractivity contribution >= 4 is 5.97 Å². The van der Waals surface area contributed by atoms with Gasteiger partial charge in [0.15, 0.2) is 0 Å². The van der Waals surface area contributed by atoms with Crippen LogP contribution in [0.2, 0.25) is 0 Å². The lowest BCUT2D eigenvalue weighted by molar-refractivity contribution is -0.145. The van der Waals surface area contributed by atoms with Gasteiger partial charge in [-0.1, -0.05) is 0 Å². The van der Waals surface area contributed by atoms with Gasteiger partial charge < -0.3 is 14.3 Å². The fourth-order valence-electron chi connectivity index (χ4n) is 1.50. The summed E-state index contributed by atoms with van der Waals surface area (Å²) in [6.45, 7) is 2.56. The predicted octanol–water partition coefficient (Wildman–Crippen LogP) is 1.12. The van der Waals surface area contributed by atoms with Gasteiger partial charge in [-0.15, -0.1) is 0 Å². The van der Waals surface area contributed by atoms with Crippen LogP contribution < -0.4 is 0 Å². The minimum Gasteiger partial charge on any atom is -0.480 e. The van der Waals surface area contributed by atoms with Crippen LogP contribution >= 0.6 is 0 Å².